The number of alkyl halides is 3. The highest BCUT2D eigenvalue weighted by molar-refractivity contribution is 7.89. The van der Waals surface area contributed by atoms with Crippen LogP contribution in [0.3, 0.4) is 0 Å². The van der Waals surface area contributed by atoms with E-state index in [0.717, 1.165) is 22.5 Å². The Morgan fingerprint density at radius 3 is 2.66 bits per heavy atom. The van der Waals surface area contributed by atoms with Gasteiger partial charge in [-0.1, -0.05) is 6.07 Å². The van der Waals surface area contributed by atoms with Crippen LogP contribution in [-0.4, -0.2) is 56.6 Å². The summed E-state index contributed by atoms with van der Waals surface area (Å²) in [4.78, 5) is 15.2. The third-order valence-corrected chi connectivity index (χ3v) is 6.35. The van der Waals surface area contributed by atoms with Crippen LogP contribution >= 0.6 is 0 Å². The minimum atomic E-state index is -4.76. The van der Waals surface area contributed by atoms with Gasteiger partial charge in [-0.15, -0.1) is 0 Å². The lowest BCUT2D eigenvalue weighted by atomic mass is 10.1. The summed E-state index contributed by atoms with van der Waals surface area (Å²) in [6, 6.07) is 7.13. The molecule has 1 unspecified atom stereocenters. The van der Waals surface area contributed by atoms with Gasteiger partial charge in [-0.3, -0.25) is 0 Å². The Morgan fingerprint density at radius 2 is 2.03 bits per heavy atom. The van der Waals surface area contributed by atoms with Crippen molar-refractivity contribution < 1.29 is 35.9 Å². The van der Waals surface area contributed by atoms with Gasteiger partial charge < -0.3 is 9.47 Å². The molecule has 0 aliphatic carbocycles. The minimum Gasteiger partial charge on any atom is -0.463 e. The molecule has 3 rings (SSSR count). The van der Waals surface area contributed by atoms with E-state index in [0.29, 0.717) is 18.4 Å². The Labute approximate surface area is 183 Å². The number of halogens is 3. The number of carbonyl (C=O) groups excluding carboxylic acids is 1. The van der Waals surface area contributed by atoms with Gasteiger partial charge >= 0.3 is 12.1 Å². The molecule has 1 aromatic heterocycles. The highest BCUT2D eigenvalue weighted by Crippen LogP contribution is 2.35. The summed E-state index contributed by atoms with van der Waals surface area (Å²) < 4.78 is 77.1. The zero-order valence-electron chi connectivity index (χ0n) is 17.3. The van der Waals surface area contributed by atoms with Gasteiger partial charge in [0.2, 0.25) is 10.0 Å². The lowest BCUT2D eigenvalue weighted by molar-refractivity contribution is -0.138. The molecule has 0 N–H and O–H groups in total. The number of sulfonamides is 1. The zero-order chi connectivity index (χ0) is 23.5. The number of benzene rings is 1. The predicted molar refractivity (Wildman–Crippen MR) is 110 cm³/mol. The number of aromatic nitrogens is 1. The Morgan fingerprint density at radius 1 is 1.31 bits per heavy atom. The van der Waals surface area contributed by atoms with Crippen molar-refractivity contribution in [2.75, 3.05) is 26.8 Å². The third-order valence-electron chi connectivity index (χ3n) is 4.55. The topological polar surface area (TPSA) is 89.1 Å². The Hall–Kier alpha value is -2.76. The molecule has 11 heteroatoms. The molecule has 32 heavy (non-hydrogen) atoms. The summed E-state index contributed by atoms with van der Waals surface area (Å²) in [6.45, 7) is 2.29. The molecule has 0 radical (unpaired) electrons. The molecule has 1 aliphatic rings. The summed E-state index contributed by atoms with van der Waals surface area (Å²) in [5.41, 5.74) is -0.730. The summed E-state index contributed by atoms with van der Waals surface area (Å²) in [5, 5.41) is 0. The number of hydrogen-bond donors (Lipinski definition) is 0. The number of carbonyl (C=O) groups is 1. The molecule has 1 aromatic carbocycles. The van der Waals surface area contributed by atoms with Gasteiger partial charge in [0.25, 0.3) is 0 Å². The van der Waals surface area contributed by atoms with E-state index in [2.05, 4.69) is 4.98 Å². The molecule has 1 fully saturated rings. The standard InChI is InChI=1S/C21H21F3N2O5S/c1-3-30-20(27)8-7-16-5-4-6-19(25-16)14-9-15(21(22,23)24)11-18(10-14)32(28,29)26(2)12-17-13-31-17/h4-11,17H,3,12-13H2,1-2H3/b8-7+. The van der Waals surface area contributed by atoms with Crippen molar-refractivity contribution in [1.29, 1.82) is 0 Å². The van der Waals surface area contributed by atoms with Crippen molar-refractivity contribution in [2.45, 2.75) is 24.1 Å². The Kier molecular flexibility index (Phi) is 7.01. The van der Waals surface area contributed by atoms with Crippen LogP contribution < -0.4 is 0 Å². The molecular weight excluding hydrogens is 449 g/mol. The number of nitrogens with zero attached hydrogens (tertiary/aromatic N) is 2. The predicted octanol–water partition coefficient (Wildman–Crippen LogP) is 3.36. The van der Waals surface area contributed by atoms with E-state index in [1.165, 1.54) is 25.3 Å². The molecule has 2 heterocycles. The largest absolute Gasteiger partial charge is 0.463 e. The fourth-order valence-corrected chi connectivity index (χ4v) is 4.12. The fourth-order valence-electron chi connectivity index (χ4n) is 2.85. The maximum atomic E-state index is 13.5. The van der Waals surface area contributed by atoms with Crippen LogP contribution in [0.25, 0.3) is 17.3 Å². The van der Waals surface area contributed by atoms with E-state index in [1.54, 1.807) is 13.0 Å². The molecule has 1 atom stereocenters. The number of likely N-dealkylation sites (N-methyl/N-ethyl adjacent to an activating group) is 1. The molecule has 0 amide bonds. The second kappa shape index (κ2) is 9.39. The number of epoxide rings is 1. The molecule has 172 valence electrons. The third kappa shape index (κ3) is 5.93. The lowest BCUT2D eigenvalue weighted by Crippen LogP contribution is -2.30. The van der Waals surface area contributed by atoms with Gasteiger partial charge in [0, 0.05) is 25.2 Å². The van der Waals surface area contributed by atoms with Crippen LogP contribution in [0.2, 0.25) is 0 Å². The van der Waals surface area contributed by atoms with Crippen LogP contribution in [-0.2, 0) is 30.5 Å². The fraction of sp³-hybridized carbons (Fsp3) is 0.333. The quantitative estimate of drug-likeness (QED) is 0.334. The SMILES string of the molecule is CCOC(=O)/C=C/c1cccc(-c2cc(C(F)(F)F)cc(S(=O)(=O)N(C)CC3CO3)c2)n1. The molecule has 7 nitrogen and oxygen atoms in total. The van der Waals surface area contributed by atoms with Crippen molar-refractivity contribution in [1.82, 2.24) is 9.29 Å². The van der Waals surface area contributed by atoms with Gasteiger partial charge in [0.1, 0.15) is 0 Å². The summed E-state index contributed by atoms with van der Waals surface area (Å²) in [7, 11) is -2.91. The van der Waals surface area contributed by atoms with Crippen molar-refractivity contribution >= 4 is 22.1 Å². The maximum Gasteiger partial charge on any atom is 0.416 e. The van der Waals surface area contributed by atoms with Crippen molar-refractivity contribution in [2.24, 2.45) is 0 Å². The molecular formula is C21H21F3N2O5S. The van der Waals surface area contributed by atoms with Gasteiger partial charge in [-0.2, -0.15) is 17.5 Å². The van der Waals surface area contributed by atoms with E-state index in [-0.39, 0.29) is 30.5 Å². The van der Waals surface area contributed by atoms with E-state index in [4.69, 9.17) is 9.47 Å². The molecule has 0 saturated carbocycles. The van der Waals surface area contributed by atoms with Crippen LogP contribution in [0.5, 0.6) is 0 Å². The number of ether oxygens (including phenoxy) is 2. The first-order valence-electron chi connectivity index (χ1n) is 9.63. The zero-order valence-corrected chi connectivity index (χ0v) is 18.1. The maximum absolute atomic E-state index is 13.5. The summed E-state index contributed by atoms with van der Waals surface area (Å²) >= 11 is 0. The Balaban J connectivity index is 2.02. The molecule has 2 aromatic rings. The van der Waals surface area contributed by atoms with E-state index >= 15 is 0 Å². The van der Waals surface area contributed by atoms with Crippen LogP contribution in [0.4, 0.5) is 13.2 Å². The number of pyridine rings is 1. The Bertz CT molecular complexity index is 1130. The van der Waals surface area contributed by atoms with Gasteiger partial charge in [0.15, 0.2) is 0 Å². The van der Waals surface area contributed by atoms with E-state index < -0.39 is 32.6 Å². The van der Waals surface area contributed by atoms with Crippen molar-refractivity contribution in [3.05, 3.63) is 53.7 Å². The second-order valence-electron chi connectivity index (χ2n) is 7.02. The number of rotatable bonds is 8. The molecule has 1 saturated heterocycles. The van der Waals surface area contributed by atoms with Crippen LogP contribution in [0.1, 0.15) is 18.2 Å². The molecule has 0 bridgehead atoms. The van der Waals surface area contributed by atoms with Gasteiger partial charge in [-0.05, 0) is 43.3 Å². The van der Waals surface area contributed by atoms with Crippen molar-refractivity contribution in [3.63, 3.8) is 0 Å². The van der Waals surface area contributed by atoms with Gasteiger partial charge in [0.05, 0.1) is 41.2 Å². The van der Waals surface area contributed by atoms with Crippen LogP contribution in [0.15, 0.2) is 47.4 Å². The van der Waals surface area contributed by atoms with E-state index in [9.17, 15) is 26.4 Å². The van der Waals surface area contributed by atoms with E-state index in [1.807, 2.05) is 0 Å². The number of esters is 1. The summed E-state index contributed by atoms with van der Waals surface area (Å²) in [5.74, 6) is -0.588. The highest BCUT2D eigenvalue weighted by atomic mass is 32.2. The average molecular weight is 470 g/mol. The van der Waals surface area contributed by atoms with Gasteiger partial charge in [-0.25, -0.2) is 18.2 Å². The van der Waals surface area contributed by atoms with Crippen molar-refractivity contribution in [3.8, 4) is 11.3 Å². The van der Waals surface area contributed by atoms with Crippen LogP contribution in [0, 0.1) is 0 Å². The summed E-state index contributed by atoms with van der Waals surface area (Å²) in [6.07, 6.45) is -2.52. The first kappa shape index (κ1) is 23.9. The second-order valence-corrected chi connectivity index (χ2v) is 9.06. The normalized spacial score (nSPS) is 16.5. The minimum absolute atomic E-state index is 0.0270. The first-order chi connectivity index (χ1) is 15.0. The first-order valence-corrected chi connectivity index (χ1v) is 11.1. The molecule has 1 aliphatic heterocycles. The molecule has 0 spiro atoms. The monoisotopic (exact) mass is 470 g/mol. The highest BCUT2D eigenvalue weighted by Gasteiger charge is 2.35. The lowest BCUT2D eigenvalue weighted by Gasteiger charge is -2.18. The smallest absolute Gasteiger partial charge is 0.416 e. The number of hydrogen-bond acceptors (Lipinski definition) is 6. The average Bonchev–Trinajstić information content (AvgIpc) is 3.55.